The van der Waals surface area contributed by atoms with Crippen LogP contribution in [0.25, 0.3) is 0 Å². The zero-order chi connectivity index (χ0) is 21.5. The Morgan fingerprint density at radius 2 is 1.55 bits per heavy atom. The number of fused-ring (bicyclic) bond motifs is 5. The first-order valence-corrected chi connectivity index (χ1v) is 9.96. The molecule has 7 heteroatoms. The van der Waals surface area contributed by atoms with Crippen LogP contribution in [0.1, 0.15) is 38.9 Å². The van der Waals surface area contributed by atoms with Crippen molar-refractivity contribution in [3.8, 4) is 5.75 Å². The number of phenolic OH excluding ortho intramolecular Hbond substituents is 1. The number of rotatable bonds is 4. The first-order chi connectivity index (χ1) is 15.1. The quantitative estimate of drug-likeness (QED) is 0.641. The first-order valence-electron chi connectivity index (χ1n) is 9.96. The van der Waals surface area contributed by atoms with E-state index in [0.717, 1.165) is 5.56 Å². The lowest BCUT2D eigenvalue weighted by atomic mass is 10.0. The second kappa shape index (κ2) is 7.28. The number of hydrogen-bond donors (Lipinski definition) is 2. The maximum Gasteiger partial charge on any atom is 0.260 e. The van der Waals surface area contributed by atoms with Crippen molar-refractivity contribution < 1.29 is 19.5 Å². The van der Waals surface area contributed by atoms with Gasteiger partial charge in [-0.2, -0.15) is 0 Å². The van der Waals surface area contributed by atoms with Crippen LogP contribution in [-0.2, 0) is 4.79 Å². The molecule has 0 unspecified atom stereocenters. The van der Waals surface area contributed by atoms with Crippen molar-refractivity contribution >= 4 is 29.1 Å². The molecule has 154 valence electrons. The van der Waals surface area contributed by atoms with Crippen LogP contribution in [0.3, 0.4) is 0 Å². The number of phenols is 1. The fourth-order valence-electron chi connectivity index (χ4n) is 4.21. The Hall–Kier alpha value is -4.13. The minimum atomic E-state index is -0.593. The second-order valence-corrected chi connectivity index (χ2v) is 7.47. The Labute approximate surface area is 178 Å². The van der Waals surface area contributed by atoms with Gasteiger partial charge in [0.15, 0.2) is 0 Å². The molecule has 2 aliphatic rings. The zero-order valence-corrected chi connectivity index (χ0v) is 16.5. The molecule has 0 radical (unpaired) electrons. The molecule has 2 heterocycles. The number of nitrogens with zero attached hydrogens (tertiary/aromatic N) is 2. The average molecular weight is 413 g/mol. The minimum Gasteiger partial charge on any atom is -0.506 e. The van der Waals surface area contributed by atoms with Gasteiger partial charge >= 0.3 is 0 Å². The lowest BCUT2D eigenvalue weighted by molar-refractivity contribution is -0.116. The van der Waals surface area contributed by atoms with E-state index in [0.29, 0.717) is 22.5 Å². The summed E-state index contributed by atoms with van der Waals surface area (Å²) in [6.07, 6.45) is -0.577. The van der Waals surface area contributed by atoms with Gasteiger partial charge in [-0.15, -0.1) is 0 Å². The number of carbonyl (C=O) groups is 3. The SMILES string of the molecule is O=C(CCN1C(=O)c2ccccc2N2C(=O)c3ccccc3[C@H]12)Nc1ccccc1O. The van der Waals surface area contributed by atoms with Gasteiger partial charge in [-0.25, -0.2) is 0 Å². The molecule has 2 N–H and O–H groups in total. The second-order valence-electron chi connectivity index (χ2n) is 7.47. The molecule has 0 fully saturated rings. The fourth-order valence-corrected chi connectivity index (χ4v) is 4.21. The number of amides is 3. The van der Waals surface area contributed by atoms with Crippen LogP contribution in [-0.4, -0.2) is 34.3 Å². The summed E-state index contributed by atoms with van der Waals surface area (Å²) < 4.78 is 0. The molecular formula is C24H19N3O4. The van der Waals surface area contributed by atoms with Crippen LogP contribution < -0.4 is 10.2 Å². The van der Waals surface area contributed by atoms with E-state index < -0.39 is 6.17 Å². The van der Waals surface area contributed by atoms with Gasteiger partial charge in [0, 0.05) is 24.1 Å². The number of benzene rings is 3. The van der Waals surface area contributed by atoms with E-state index in [1.807, 2.05) is 12.1 Å². The highest BCUT2D eigenvalue weighted by molar-refractivity contribution is 6.16. The Balaban J connectivity index is 1.45. The third-order valence-corrected chi connectivity index (χ3v) is 5.64. The highest BCUT2D eigenvalue weighted by Gasteiger charge is 2.47. The predicted molar refractivity (Wildman–Crippen MR) is 115 cm³/mol. The van der Waals surface area contributed by atoms with Crippen molar-refractivity contribution in [3.63, 3.8) is 0 Å². The molecule has 3 aromatic carbocycles. The van der Waals surface area contributed by atoms with Gasteiger partial charge in [0.1, 0.15) is 11.9 Å². The van der Waals surface area contributed by atoms with Crippen molar-refractivity contribution in [1.29, 1.82) is 0 Å². The summed E-state index contributed by atoms with van der Waals surface area (Å²) in [6.45, 7) is 0.120. The van der Waals surface area contributed by atoms with Crippen LogP contribution >= 0.6 is 0 Å². The molecule has 5 rings (SSSR count). The van der Waals surface area contributed by atoms with Gasteiger partial charge in [-0.05, 0) is 30.3 Å². The van der Waals surface area contributed by atoms with E-state index in [4.69, 9.17) is 0 Å². The molecule has 0 saturated carbocycles. The third kappa shape index (κ3) is 3.02. The normalized spacial score (nSPS) is 16.6. The molecule has 3 amide bonds. The van der Waals surface area contributed by atoms with Crippen molar-refractivity contribution in [2.75, 3.05) is 16.8 Å². The van der Waals surface area contributed by atoms with Crippen LogP contribution in [0, 0.1) is 0 Å². The van der Waals surface area contributed by atoms with Crippen molar-refractivity contribution in [1.82, 2.24) is 4.90 Å². The smallest absolute Gasteiger partial charge is 0.260 e. The van der Waals surface area contributed by atoms with E-state index in [1.54, 1.807) is 64.4 Å². The molecule has 3 aromatic rings. The highest BCUT2D eigenvalue weighted by Crippen LogP contribution is 2.45. The van der Waals surface area contributed by atoms with Gasteiger partial charge in [-0.3, -0.25) is 19.3 Å². The molecular weight excluding hydrogens is 394 g/mol. The topological polar surface area (TPSA) is 90.0 Å². The maximum absolute atomic E-state index is 13.3. The van der Waals surface area contributed by atoms with Crippen molar-refractivity contribution in [3.05, 3.63) is 89.5 Å². The number of carbonyl (C=O) groups excluding carboxylic acids is 3. The molecule has 0 spiro atoms. The van der Waals surface area contributed by atoms with Crippen LogP contribution in [0.15, 0.2) is 72.8 Å². The lowest BCUT2D eigenvalue weighted by Gasteiger charge is -2.40. The van der Waals surface area contributed by atoms with Crippen molar-refractivity contribution in [2.45, 2.75) is 12.6 Å². The fraction of sp³-hybridized carbons (Fsp3) is 0.125. The van der Waals surface area contributed by atoms with Gasteiger partial charge in [0.2, 0.25) is 5.91 Å². The summed E-state index contributed by atoms with van der Waals surface area (Å²) in [4.78, 5) is 42.2. The summed E-state index contributed by atoms with van der Waals surface area (Å²) >= 11 is 0. The van der Waals surface area contributed by atoms with E-state index in [9.17, 15) is 19.5 Å². The summed E-state index contributed by atoms with van der Waals surface area (Å²) in [5.74, 6) is -0.751. The lowest BCUT2D eigenvalue weighted by Crippen LogP contribution is -2.48. The van der Waals surface area contributed by atoms with E-state index in [-0.39, 0.29) is 36.4 Å². The summed E-state index contributed by atoms with van der Waals surface area (Å²) in [5.41, 5.74) is 2.62. The molecule has 31 heavy (non-hydrogen) atoms. The Bertz CT molecular complexity index is 1220. The van der Waals surface area contributed by atoms with Crippen LogP contribution in [0.5, 0.6) is 5.75 Å². The Morgan fingerprint density at radius 1 is 0.871 bits per heavy atom. The van der Waals surface area contributed by atoms with Gasteiger partial charge < -0.3 is 15.3 Å². The summed E-state index contributed by atoms with van der Waals surface area (Å²) in [7, 11) is 0. The summed E-state index contributed by atoms with van der Waals surface area (Å²) in [6, 6.07) is 20.7. The maximum atomic E-state index is 13.3. The van der Waals surface area contributed by atoms with E-state index in [1.165, 1.54) is 6.07 Å². The highest BCUT2D eigenvalue weighted by atomic mass is 16.3. The number of anilines is 2. The first kappa shape index (κ1) is 18.9. The largest absolute Gasteiger partial charge is 0.506 e. The van der Waals surface area contributed by atoms with Crippen LogP contribution in [0.4, 0.5) is 11.4 Å². The standard InChI is InChI=1S/C24H19N3O4/c28-20-12-6-4-10-18(20)25-21(29)13-14-26-22-15-7-1-2-8-16(15)24(31)27(22)19-11-5-3-9-17(19)23(26)30/h1-12,22,28H,13-14H2,(H,25,29)/t22-/m1/s1. The molecule has 0 bridgehead atoms. The number of hydrogen-bond acceptors (Lipinski definition) is 4. The Morgan fingerprint density at radius 3 is 2.35 bits per heavy atom. The monoisotopic (exact) mass is 413 g/mol. The van der Waals surface area contributed by atoms with E-state index >= 15 is 0 Å². The minimum absolute atomic E-state index is 0.0168. The van der Waals surface area contributed by atoms with Crippen LogP contribution in [0.2, 0.25) is 0 Å². The molecule has 0 saturated heterocycles. The zero-order valence-electron chi connectivity index (χ0n) is 16.5. The predicted octanol–water partition coefficient (Wildman–Crippen LogP) is 3.54. The molecule has 2 aliphatic heterocycles. The van der Waals surface area contributed by atoms with Gasteiger partial charge in [-0.1, -0.05) is 42.5 Å². The third-order valence-electron chi connectivity index (χ3n) is 5.64. The number of aromatic hydroxyl groups is 1. The Kier molecular flexibility index (Phi) is 4.43. The molecule has 0 aromatic heterocycles. The van der Waals surface area contributed by atoms with E-state index in [2.05, 4.69) is 5.32 Å². The summed E-state index contributed by atoms with van der Waals surface area (Å²) in [5, 5.41) is 12.5. The molecule has 7 nitrogen and oxygen atoms in total. The number of para-hydroxylation sites is 3. The molecule has 1 atom stereocenters. The average Bonchev–Trinajstić information content (AvgIpc) is 3.08. The molecule has 0 aliphatic carbocycles. The van der Waals surface area contributed by atoms with Gasteiger partial charge in [0.25, 0.3) is 11.8 Å². The van der Waals surface area contributed by atoms with Crippen molar-refractivity contribution in [2.24, 2.45) is 0 Å². The number of nitrogens with one attached hydrogen (secondary N) is 1. The van der Waals surface area contributed by atoms with Gasteiger partial charge in [0.05, 0.1) is 16.9 Å².